The molecule has 1 aliphatic rings. The number of rotatable bonds is 3. The van der Waals surface area contributed by atoms with Gasteiger partial charge in [-0.2, -0.15) is 0 Å². The lowest BCUT2D eigenvalue weighted by Gasteiger charge is -2.25. The summed E-state index contributed by atoms with van der Waals surface area (Å²) in [5.41, 5.74) is 2.28. The number of methoxy groups -OCH3 is 1. The maximum absolute atomic E-state index is 12.9. The first-order valence-electron chi connectivity index (χ1n) is 7.68. The summed E-state index contributed by atoms with van der Waals surface area (Å²) in [4.78, 5) is 26.6. The molecule has 2 N–H and O–H groups in total. The third-order valence-corrected chi connectivity index (χ3v) is 4.09. The van der Waals surface area contributed by atoms with Crippen LogP contribution in [0.15, 0.2) is 48.5 Å². The Morgan fingerprint density at radius 1 is 1.12 bits per heavy atom. The molecule has 0 saturated carbocycles. The Labute approximate surface area is 140 Å². The Balaban J connectivity index is 1.92. The summed E-state index contributed by atoms with van der Waals surface area (Å²) in [5, 5.41) is 5.46. The fourth-order valence-corrected chi connectivity index (χ4v) is 2.94. The average Bonchev–Trinajstić information content (AvgIpc) is 3.01. The Bertz CT molecular complexity index is 776. The van der Waals surface area contributed by atoms with Crippen LogP contribution in [0.2, 0.25) is 0 Å². The van der Waals surface area contributed by atoms with Gasteiger partial charge in [0.1, 0.15) is 11.8 Å². The molecule has 2 aromatic carbocycles. The summed E-state index contributed by atoms with van der Waals surface area (Å²) < 4.78 is 5.26. The van der Waals surface area contributed by atoms with E-state index in [0.29, 0.717) is 17.9 Å². The van der Waals surface area contributed by atoms with E-state index in [4.69, 9.17) is 4.74 Å². The van der Waals surface area contributed by atoms with Crippen molar-refractivity contribution in [1.82, 2.24) is 5.32 Å². The van der Waals surface area contributed by atoms with E-state index < -0.39 is 6.04 Å². The van der Waals surface area contributed by atoms with Gasteiger partial charge in [0.25, 0.3) is 0 Å². The summed E-state index contributed by atoms with van der Waals surface area (Å²) in [7, 11) is 3.12. The van der Waals surface area contributed by atoms with Gasteiger partial charge in [-0.3, -0.25) is 9.69 Å². The molecule has 0 spiro atoms. The number of carbonyl (C=O) groups excluding carboxylic acids is 2. The molecule has 0 aliphatic carbocycles. The van der Waals surface area contributed by atoms with Gasteiger partial charge >= 0.3 is 6.03 Å². The topological polar surface area (TPSA) is 70.7 Å². The summed E-state index contributed by atoms with van der Waals surface area (Å²) in [6, 6.07) is 13.8. The predicted molar refractivity (Wildman–Crippen MR) is 92.5 cm³/mol. The number of carbonyl (C=O) groups is 2. The highest BCUT2D eigenvalue weighted by Gasteiger charge is 2.38. The highest BCUT2D eigenvalue weighted by Crippen LogP contribution is 2.33. The number of ether oxygens (including phenoxy) is 1. The van der Waals surface area contributed by atoms with E-state index in [2.05, 4.69) is 10.6 Å². The van der Waals surface area contributed by atoms with Crippen LogP contribution in [0.1, 0.15) is 5.56 Å². The van der Waals surface area contributed by atoms with Crippen LogP contribution in [0.5, 0.6) is 5.75 Å². The number of likely N-dealkylation sites (N-methyl/N-ethyl adjacent to an activating group) is 1. The standard InChI is InChI=1S/C18H19N3O3/c1-19-17(22)15-11-12-7-3-5-9-14(12)21(15)18(23)20-13-8-4-6-10-16(13)24-2/h3-10,15H,11H2,1-2H3,(H,19,22)(H,20,23)/t15-/m0/s1. The average molecular weight is 325 g/mol. The number of nitrogens with one attached hydrogen (secondary N) is 2. The number of hydrogen-bond acceptors (Lipinski definition) is 3. The molecule has 24 heavy (non-hydrogen) atoms. The summed E-state index contributed by atoms with van der Waals surface area (Å²) in [6.45, 7) is 0. The van der Waals surface area contributed by atoms with Crippen LogP contribution in [-0.2, 0) is 11.2 Å². The first kappa shape index (κ1) is 15.9. The highest BCUT2D eigenvalue weighted by molar-refractivity contribution is 6.08. The Morgan fingerprint density at radius 2 is 1.83 bits per heavy atom. The fourth-order valence-electron chi connectivity index (χ4n) is 2.94. The molecule has 0 bridgehead atoms. The smallest absolute Gasteiger partial charge is 0.327 e. The van der Waals surface area contributed by atoms with Crippen molar-refractivity contribution < 1.29 is 14.3 Å². The second kappa shape index (κ2) is 6.62. The number of amides is 3. The number of para-hydroxylation sites is 3. The molecule has 1 atom stereocenters. The zero-order chi connectivity index (χ0) is 17.1. The lowest BCUT2D eigenvalue weighted by atomic mass is 10.1. The molecule has 2 aromatic rings. The summed E-state index contributed by atoms with van der Waals surface area (Å²) >= 11 is 0. The SMILES string of the molecule is CNC(=O)[C@@H]1Cc2ccccc2N1C(=O)Nc1ccccc1OC. The molecule has 1 heterocycles. The highest BCUT2D eigenvalue weighted by atomic mass is 16.5. The third-order valence-electron chi connectivity index (χ3n) is 4.09. The van der Waals surface area contributed by atoms with E-state index in [0.717, 1.165) is 11.3 Å². The van der Waals surface area contributed by atoms with Gasteiger partial charge in [0.2, 0.25) is 5.91 Å². The predicted octanol–water partition coefficient (Wildman–Crippen LogP) is 2.40. The molecule has 3 amide bonds. The van der Waals surface area contributed by atoms with Crippen LogP contribution in [0.3, 0.4) is 0 Å². The largest absolute Gasteiger partial charge is 0.495 e. The first-order valence-corrected chi connectivity index (χ1v) is 7.68. The van der Waals surface area contributed by atoms with Gasteiger partial charge in [0, 0.05) is 19.2 Å². The van der Waals surface area contributed by atoms with Crippen LogP contribution >= 0.6 is 0 Å². The minimum Gasteiger partial charge on any atom is -0.495 e. The van der Waals surface area contributed by atoms with Crippen LogP contribution in [0.4, 0.5) is 16.2 Å². The fraction of sp³-hybridized carbons (Fsp3) is 0.222. The molecule has 3 rings (SSSR count). The minimum absolute atomic E-state index is 0.193. The number of hydrogen-bond donors (Lipinski definition) is 2. The van der Waals surface area contributed by atoms with E-state index in [1.54, 1.807) is 26.3 Å². The lowest BCUT2D eigenvalue weighted by Crippen LogP contribution is -2.48. The van der Waals surface area contributed by atoms with Crippen molar-refractivity contribution in [2.45, 2.75) is 12.5 Å². The first-order chi connectivity index (χ1) is 11.7. The zero-order valence-electron chi connectivity index (χ0n) is 13.6. The van der Waals surface area contributed by atoms with Crippen molar-refractivity contribution in [1.29, 1.82) is 0 Å². The Hall–Kier alpha value is -3.02. The Morgan fingerprint density at radius 3 is 2.58 bits per heavy atom. The molecule has 0 aromatic heterocycles. The molecule has 0 saturated heterocycles. The number of anilines is 2. The van der Waals surface area contributed by atoms with Crippen LogP contribution in [0, 0.1) is 0 Å². The second-order valence-corrected chi connectivity index (χ2v) is 5.46. The minimum atomic E-state index is -0.567. The normalized spacial score (nSPS) is 15.6. The molecule has 0 fully saturated rings. The lowest BCUT2D eigenvalue weighted by molar-refractivity contribution is -0.121. The summed E-state index contributed by atoms with van der Waals surface area (Å²) in [6.07, 6.45) is 0.495. The van der Waals surface area contributed by atoms with Gasteiger partial charge in [-0.05, 0) is 23.8 Å². The number of benzene rings is 2. The molecule has 1 aliphatic heterocycles. The van der Waals surface area contributed by atoms with Gasteiger partial charge in [0.15, 0.2) is 0 Å². The molecular formula is C18H19N3O3. The third kappa shape index (κ3) is 2.78. The van der Waals surface area contributed by atoms with Crippen LogP contribution in [0.25, 0.3) is 0 Å². The monoisotopic (exact) mass is 325 g/mol. The molecule has 6 nitrogen and oxygen atoms in total. The van der Waals surface area contributed by atoms with Gasteiger partial charge in [-0.25, -0.2) is 4.79 Å². The second-order valence-electron chi connectivity index (χ2n) is 5.46. The van der Waals surface area contributed by atoms with Crippen molar-refractivity contribution in [2.24, 2.45) is 0 Å². The van der Waals surface area contributed by atoms with Crippen LogP contribution in [-0.4, -0.2) is 32.1 Å². The van der Waals surface area contributed by atoms with Crippen molar-refractivity contribution >= 4 is 23.3 Å². The van der Waals surface area contributed by atoms with Gasteiger partial charge < -0.3 is 15.4 Å². The molecule has 124 valence electrons. The molecule has 0 radical (unpaired) electrons. The van der Waals surface area contributed by atoms with E-state index in [1.807, 2.05) is 36.4 Å². The van der Waals surface area contributed by atoms with E-state index in [9.17, 15) is 9.59 Å². The number of fused-ring (bicyclic) bond motifs is 1. The number of urea groups is 1. The van der Waals surface area contributed by atoms with E-state index in [-0.39, 0.29) is 11.9 Å². The van der Waals surface area contributed by atoms with Crippen molar-refractivity contribution in [2.75, 3.05) is 24.4 Å². The molecule has 0 unspecified atom stereocenters. The zero-order valence-corrected chi connectivity index (χ0v) is 13.6. The Kier molecular flexibility index (Phi) is 4.37. The van der Waals surface area contributed by atoms with Crippen molar-refractivity contribution in [3.63, 3.8) is 0 Å². The van der Waals surface area contributed by atoms with E-state index in [1.165, 1.54) is 4.90 Å². The maximum Gasteiger partial charge on any atom is 0.327 e. The maximum atomic E-state index is 12.9. The molecular weight excluding hydrogens is 306 g/mol. The summed E-state index contributed by atoms with van der Waals surface area (Å²) in [5.74, 6) is 0.371. The number of nitrogens with zero attached hydrogens (tertiary/aromatic N) is 1. The van der Waals surface area contributed by atoms with Gasteiger partial charge in [-0.1, -0.05) is 30.3 Å². The van der Waals surface area contributed by atoms with Crippen LogP contribution < -0.4 is 20.3 Å². The van der Waals surface area contributed by atoms with Gasteiger partial charge in [0.05, 0.1) is 12.8 Å². The van der Waals surface area contributed by atoms with Crippen molar-refractivity contribution in [3.8, 4) is 5.75 Å². The van der Waals surface area contributed by atoms with Crippen molar-refractivity contribution in [3.05, 3.63) is 54.1 Å². The van der Waals surface area contributed by atoms with E-state index >= 15 is 0 Å². The quantitative estimate of drug-likeness (QED) is 0.910. The van der Waals surface area contributed by atoms with Gasteiger partial charge in [-0.15, -0.1) is 0 Å². The molecule has 6 heteroatoms.